The number of benzene rings is 2. The largest absolute Gasteiger partial charge is 0.339 e. The normalized spacial score (nSPS) is 18.9. The van der Waals surface area contributed by atoms with Crippen molar-refractivity contribution in [3.8, 4) is 0 Å². The van der Waals surface area contributed by atoms with Crippen molar-refractivity contribution in [2.75, 3.05) is 43.9 Å². The predicted molar refractivity (Wildman–Crippen MR) is 122 cm³/mol. The molecule has 2 aromatic rings. The Labute approximate surface area is 191 Å². The van der Waals surface area contributed by atoms with Gasteiger partial charge >= 0.3 is 0 Å². The lowest BCUT2D eigenvalue weighted by molar-refractivity contribution is -0.137. The van der Waals surface area contributed by atoms with E-state index in [1.807, 2.05) is 30.5 Å². The summed E-state index contributed by atoms with van der Waals surface area (Å²) >= 11 is 1.64. The van der Waals surface area contributed by atoms with Crippen LogP contribution in [0.3, 0.4) is 0 Å². The average Bonchev–Trinajstić information content (AvgIpc) is 3.21. The molecule has 8 heteroatoms. The Morgan fingerprint density at radius 3 is 2.28 bits per heavy atom. The molecule has 32 heavy (non-hydrogen) atoms. The molecule has 1 atom stereocenters. The van der Waals surface area contributed by atoms with Gasteiger partial charge in [0.15, 0.2) is 0 Å². The van der Waals surface area contributed by atoms with E-state index in [-0.39, 0.29) is 30.1 Å². The first-order valence-electron chi connectivity index (χ1n) is 10.7. The Bertz CT molecular complexity index is 1040. The maximum absolute atomic E-state index is 13.8. The summed E-state index contributed by atoms with van der Waals surface area (Å²) < 4.78 is 13.8. The Morgan fingerprint density at radius 1 is 1.00 bits per heavy atom. The van der Waals surface area contributed by atoms with Crippen LogP contribution in [0.4, 0.5) is 10.1 Å². The molecular weight excluding hydrogens is 429 g/mol. The van der Waals surface area contributed by atoms with Crippen molar-refractivity contribution in [3.63, 3.8) is 0 Å². The van der Waals surface area contributed by atoms with E-state index < -0.39 is 5.82 Å². The van der Waals surface area contributed by atoms with E-state index in [4.69, 9.17) is 0 Å². The number of hydrogen-bond donors (Lipinski definition) is 0. The van der Waals surface area contributed by atoms with E-state index in [9.17, 15) is 18.8 Å². The van der Waals surface area contributed by atoms with Crippen molar-refractivity contribution >= 4 is 35.2 Å². The van der Waals surface area contributed by atoms with Gasteiger partial charge in [0, 0.05) is 55.3 Å². The van der Waals surface area contributed by atoms with Gasteiger partial charge in [0.05, 0.1) is 5.92 Å². The molecule has 2 heterocycles. The summed E-state index contributed by atoms with van der Waals surface area (Å²) in [7, 11) is 0. The van der Waals surface area contributed by atoms with Gasteiger partial charge < -0.3 is 14.7 Å². The van der Waals surface area contributed by atoms with Crippen LogP contribution in [0.2, 0.25) is 0 Å². The van der Waals surface area contributed by atoms with Crippen molar-refractivity contribution in [2.24, 2.45) is 5.92 Å². The topological polar surface area (TPSA) is 60.9 Å². The van der Waals surface area contributed by atoms with Crippen LogP contribution in [0.25, 0.3) is 0 Å². The van der Waals surface area contributed by atoms with Gasteiger partial charge in [-0.25, -0.2) is 4.39 Å². The van der Waals surface area contributed by atoms with Crippen molar-refractivity contribution in [2.45, 2.75) is 18.2 Å². The third kappa shape index (κ3) is 4.50. The number of hydrogen-bond acceptors (Lipinski definition) is 4. The van der Waals surface area contributed by atoms with E-state index in [0.29, 0.717) is 43.9 Å². The second-order valence-electron chi connectivity index (χ2n) is 8.18. The third-order valence-corrected chi connectivity index (χ3v) is 6.90. The van der Waals surface area contributed by atoms with Gasteiger partial charge in [-0.1, -0.05) is 6.07 Å². The van der Waals surface area contributed by atoms with Gasteiger partial charge in [-0.2, -0.15) is 0 Å². The number of amides is 3. The summed E-state index contributed by atoms with van der Waals surface area (Å²) in [5, 5.41) is 0. The maximum Gasteiger partial charge on any atom is 0.254 e. The second kappa shape index (κ2) is 9.32. The summed E-state index contributed by atoms with van der Waals surface area (Å²) in [5.74, 6) is -1.10. The quantitative estimate of drug-likeness (QED) is 0.665. The minimum atomic E-state index is -0.400. The van der Waals surface area contributed by atoms with Crippen molar-refractivity contribution in [1.29, 1.82) is 0 Å². The van der Waals surface area contributed by atoms with Gasteiger partial charge in [-0.15, -0.1) is 11.8 Å². The van der Waals surface area contributed by atoms with Crippen LogP contribution in [0.5, 0.6) is 0 Å². The molecule has 2 aliphatic rings. The Balaban J connectivity index is 1.34. The smallest absolute Gasteiger partial charge is 0.254 e. The van der Waals surface area contributed by atoms with Crippen LogP contribution in [0, 0.1) is 18.7 Å². The molecule has 168 valence electrons. The number of rotatable bonds is 4. The first-order chi connectivity index (χ1) is 15.4. The van der Waals surface area contributed by atoms with Crippen molar-refractivity contribution in [1.82, 2.24) is 9.80 Å². The van der Waals surface area contributed by atoms with Gasteiger partial charge in [-0.3, -0.25) is 14.4 Å². The van der Waals surface area contributed by atoms with Crippen molar-refractivity contribution < 1.29 is 18.8 Å². The van der Waals surface area contributed by atoms with E-state index in [1.165, 1.54) is 6.07 Å². The first kappa shape index (κ1) is 22.3. The summed E-state index contributed by atoms with van der Waals surface area (Å²) in [4.78, 5) is 44.5. The highest BCUT2D eigenvalue weighted by Crippen LogP contribution is 2.28. The number of anilines is 1. The molecule has 3 amide bonds. The number of halogens is 1. The number of nitrogens with zero attached hydrogens (tertiary/aromatic N) is 3. The van der Waals surface area contributed by atoms with Crippen LogP contribution in [-0.2, 0) is 9.59 Å². The fraction of sp³-hybridized carbons (Fsp3) is 0.375. The molecule has 0 saturated carbocycles. The summed E-state index contributed by atoms with van der Waals surface area (Å²) in [6, 6.07) is 12.3. The van der Waals surface area contributed by atoms with E-state index in [1.54, 1.807) is 45.5 Å². The van der Waals surface area contributed by atoms with Gasteiger partial charge in [-0.05, 0) is 55.1 Å². The molecule has 0 aliphatic carbocycles. The maximum atomic E-state index is 13.8. The van der Waals surface area contributed by atoms with E-state index >= 15 is 0 Å². The highest BCUT2D eigenvalue weighted by Gasteiger charge is 2.38. The molecule has 0 N–H and O–H groups in total. The molecule has 2 saturated heterocycles. The molecule has 1 unspecified atom stereocenters. The van der Waals surface area contributed by atoms with Crippen LogP contribution >= 0.6 is 11.8 Å². The van der Waals surface area contributed by atoms with E-state index in [2.05, 4.69) is 0 Å². The SMILES string of the molecule is CSc1ccc(N2CC(C(=O)N3CCN(C(=O)c4ccc(C)c(F)c4)CC3)CC2=O)cc1. The minimum absolute atomic E-state index is 0.0459. The molecule has 0 spiro atoms. The van der Waals surface area contributed by atoms with Gasteiger partial charge in [0.2, 0.25) is 11.8 Å². The second-order valence-corrected chi connectivity index (χ2v) is 9.06. The fourth-order valence-electron chi connectivity index (χ4n) is 4.18. The number of thioether (sulfide) groups is 1. The number of carbonyl (C=O) groups is 3. The molecule has 6 nitrogen and oxygen atoms in total. The molecular formula is C24H26FN3O3S. The first-order valence-corrected chi connectivity index (χ1v) is 11.9. The zero-order valence-corrected chi connectivity index (χ0v) is 19.0. The van der Waals surface area contributed by atoms with Crippen LogP contribution < -0.4 is 4.90 Å². The monoisotopic (exact) mass is 455 g/mol. The molecule has 2 aromatic carbocycles. The average molecular weight is 456 g/mol. The molecule has 4 rings (SSSR count). The van der Waals surface area contributed by atoms with Crippen LogP contribution in [-0.4, -0.2) is 66.5 Å². The summed E-state index contributed by atoms with van der Waals surface area (Å²) in [6.07, 6.45) is 2.20. The summed E-state index contributed by atoms with van der Waals surface area (Å²) in [6.45, 7) is 3.62. The molecule has 2 aliphatic heterocycles. The number of aryl methyl sites for hydroxylation is 1. The fourth-order valence-corrected chi connectivity index (χ4v) is 4.59. The number of piperazine rings is 1. The number of carbonyl (C=O) groups excluding carboxylic acids is 3. The Hall–Kier alpha value is -2.87. The zero-order chi connectivity index (χ0) is 22.8. The Kier molecular flexibility index (Phi) is 6.50. The van der Waals surface area contributed by atoms with Crippen LogP contribution in [0.15, 0.2) is 47.4 Å². The minimum Gasteiger partial charge on any atom is -0.339 e. The Morgan fingerprint density at radius 2 is 1.66 bits per heavy atom. The lowest BCUT2D eigenvalue weighted by atomic mass is 10.1. The lowest BCUT2D eigenvalue weighted by Crippen LogP contribution is -2.52. The standard InChI is InChI=1S/C24H26FN3O3S/c1-16-3-4-17(13-21(16)25)23(30)26-9-11-27(12-10-26)24(31)18-14-22(29)28(15-18)19-5-7-20(32-2)8-6-19/h3-8,13,18H,9-12,14-15H2,1-2H3. The molecule has 0 bridgehead atoms. The van der Waals surface area contributed by atoms with Gasteiger partial charge in [0.1, 0.15) is 5.82 Å². The van der Waals surface area contributed by atoms with Crippen molar-refractivity contribution in [3.05, 3.63) is 59.4 Å². The highest BCUT2D eigenvalue weighted by molar-refractivity contribution is 7.98. The van der Waals surface area contributed by atoms with E-state index in [0.717, 1.165) is 10.6 Å². The molecule has 0 radical (unpaired) electrons. The van der Waals surface area contributed by atoms with Crippen LogP contribution in [0.1, 0.15) is 22.3 Å². The molecule has 2 fully saturated rings. The summed E-state index contributed by atoms with van der Waals surface area (Å²) in [5.41, 5.74) is 1.62. The third-order valence-electron chi connectivity index (χ3n) is 6.16. The lowest BCUT2D eigenvalue weighted by Gasteiger charge is -2.36. The highest BCUT2D eigenvalue weighted by atomic mass is 32.2. The van der Waals surface area contributed by atoms with Gasteiger partial charge in [0.25, 0.3) is 5.91 Å². The predicted octanol–water partition coefficient (Wildman–Crippen LogP) is 3.19. The zero-order valence-electron chi connectivity index (χ0n) is 18.2. The molecule has 0 aromatic heterocycles.